The second-order valence-corrected chi connectivity index (χ2v) is 7.46. The molecular formula is C17H29N5OS. The Morgan fingerprint density at radius 2 is 2.12 bits per heavy atom. The second-order valence-electron chi connectivity index (χ2n) is 6.14. The van der Waals surface area contributed by atoms with Crippen LogP contribution in [0.3, 0.4) is 0 Å². The quantitative estimate of drug-likeness (QED) is 0.520. The number of aryl methyl sites for hydroxylation is 1. The fraction of sp³-hybridized carbons (Fsp3) is 0.706. The fourth-order valence-corrected chi connectivity index (χ4v) is 3.52. The van der Waals surface area contributed by atoms with Crippen LogP contribution in [0, 0.1) is 6.92 Å². The van der Waals surface area contributed by atoms with Crippen molar-refractivity contribution in [3.63, 3.8) is 0 Å². The van der Waals surface area contributed by atoms with Gasteiger partial charge in [0, 0.05) is 36.6 Å². The molecule has 24 heavy (non-hydrogen) atoms. The van der Waals surface area contributed by atoms with Gasteiger partial charge in [-0.25, -0.2) is 9.98 Å². The molecular weight excluding hydrogens is 322 g/mol. The van der Waals surface area contributed by atoms with Crippen LogP contribution in [-0.4, -0.2) is 36.0 Å². The predicted molar refractivity (Wildman–Crippen MR) is 99.3 cm³/mol. The van der Waals surface area contributed by atoms with Gasteiger partial charge in [-0.2, -0.15) is 0 Å². The van der Waals surface area contributed by atoms with Gasteiger partial charge in [-0.15, -0.1) is 11.3 Å². The molecule has 2 rings (SSSR count). The van der Waals surface area contributed by atoms with Gasteiger partial charge in [0.05, 0.1) is 6.54 Å². The van der Waals surface area contributed by atoms with E-state index in [9.17, 15) is 4.79 Å². The molecule has 0 unspecified atom stereocenters. The molecule has 134 valence electrons. The van der Waals surface area contributed by atoms with Gasteiger partial charge in [-0.3, -0.25) is 4.79 Å². The van der Waals surface area contributed by atoms with Gasteiger partial charge in [0.2, 0.25) is 5.91 Å². The summed E-state index contributed by atoms with van der Waals surface area (Å²) in [7, 11) is 0. The standard InChI is InChI=1S/C17H29N5OS/c1-3-18-17(21-12-16-20-11-13(2)24-16)19-10-9-15(23)22-14-7-5-4-6-8-14/h11,14H,3-10,12H2,1-2H3,(H,22,23)(H2,18,19,21). The van der Waals surface area contributed by atoms with Crippen molar-refractivity contribution in [1.82, 2.24) is 20.9 Å². The van der Waals surface area contributed by atoms with Crippen LogP contribution < -0.4 is 16.0 Å². The molecule has 1 heterocycles. The lowest BCUT2D eigenvalue weighted by Crippen LogP contribution is -2.41. The molecule has 1 aromatic heterocycles. The van der Waals surface area contributed by atoms with Gasteiger partial charge in [-0.1, -0.05) is 19.3 Å². The van der Waals surface area contributed by atoms with E-state index in [1.165, 1.54) is 24.1 Å². The Kier molecular flexibility index (Phi) is 8.01. The number of carbonyl (C=O) groups is 1. The van der Waals surface area contributed by atoms with Crippen molar-refractivity contribution in [1.29, 1.82) is 0 Å². The highest BCUT2D eigenvalue weighted by Gasteiger charge is 2.15. The summed E-state index contributed by atoms with van der Waals surface area (Å²) < 4.78 is 0. The molecule has 1 aliphatic carbocycles. The van der Waals surface area contributed by atoms with Gasteiger partial charge < -0.3 is 16.0 Å². The number of guanidine groups is 1. The van der Waals surface area contributed by atoms with Gasteiger partial charge in [0.15, 0.2) is 5.96 Å². The zero-order valence-corrected chi connectivity index (χ0v) is 15.5. The number of hydrogen-bond acceptors (Lipinski definition) is 4. The summed E-state index contributed by atoms with van der Waals surface area (Å²) in [6.45, 7) is 6.00. The minimum absolute atomic E-state index is 0.126. The molecule has 0 aromatic carbocycles. The lowest BCUT2D eigenvalue weighted by atomic mass is 9.95. The van der Waals surface area contributed by atoms with Gasteiger partial charge in [0.1, 0.15) is 5.01 Å². The Bertz CT molecular complexity index is 537. The molecule has 0 saturated heterocycles. The molecule has 6 nitrogen and oxygen atoms in total. The normalized spacial score (nSPS) is 16.0. The third-order valence-corrected chi connectivity index (χ3v) is 4.90. The number of aromatic nitrogens is 1. The minimum atomic E-state index is 0.126. The maximum Gasteiger partial charge on any atom is 0.221 e. The average molecular weight is 352 g/mol. The number of nitrogens with zero attached hydrogens (tertiary/aromatic N) is 2. The SMILES string of the molecule is CCNC(=NCc1ncc(C)s1)NCCC(=O)NC1CCCCC1. The van der Waals surface area contributed by atoms with Crippen molar-refractivity contribution >= 4 is 23.2 Å². The van der Waals surface area contributed by atoms with Crippen LogP contribution in [-0.2, 0) is 11.3 Å². The van der Waals surface area contributed by atoms with Crippen molar-refractivity contribution in [2.45, 2.75) is 65.0 Å². The molecule has 0 spiro atoms. The molecule has 0 radical (unpaired) electrons. The largest absolute Gasteiger partial charge is 0.357 e. The number of aliphatic imine (C=N–C) groups is 1. The first-order valence-electron chi connectivity index (χ1n) is 8.90. The summed E-state index contributed by atoms with van der Waals surface area (Å²) in [6, 6.07) is 0.376. The Hall–Kier alpha value is -1.63. The first-order chi connectivity index (χ1) is 11.7. The van der Waals surface area contributed by atoms with E-state index >= 15 is 0 Å². The van der Waals surface area contributed by atoms with Crippen LogP contribution in [0.5, 0.6) is 0 Å². The van der Waals surface area contributed by atoms with Crippen LogP contribution in [0.2, 0.25) is 0 Å². The zero-order chi connectivity index (χ0) is 17.2. The molecule has 1 amide bonds. The second kappa shape index (κ2) is 10.3. The monoisotopic (exact) mass is 351 g/mol. The minimum Gasteiger partial charge on any atom is -0.357 e. The third kappa shape index (κ3) is 6.86. The van der Waals surface area contributed by atoms with Crippen LogP contribution in [0.1, 0.15) is 55.3 Å². The molecule has 3 N–H and O–H groups in total. The van der Waals surface area contributed by atoms with Crippen LogP contribution in [0.4, 0.5) is 0 Å². The summed E-state index contributed by atoms with van der Waals surface area (Å²) in [5, 5.41) is 10.6. The van der Waals surface area contributed by atoms with E-state index in [1.54, 1.807) is 11.3 Å². The lowest BCUT2D eigenvalue weighted by Gasteiger charge is -2.22. The molecule has 1 fully saturated rings. The van der Waals surface area contributed by atoms with Gasteiger partial charge >= 0.3 is 0 Å². The maximum atomic E-state index is 12.0. The average Bonchev–Trinajstić information content (AvgIpc) is 2.99. The Labute approximate surface area is 148 Å². The topological polar surface area (TPSA) is 78.4 Å². The molecule has 0 atom stereocenters. The molecule has 1 aliphatic rings. The van der Waals surface area contributed by atoms with Crippen molar-refractivity contribution in [2.75, 3.05) is 13.1 Å². The number of nitrogens with one attached hydrogen (secondary N) is 3. The number of thiazole rings is 1. The van der Waals surface area contributed by atoms with Crippen LogP contribution >= 0.6 is 11.3 Å². The van der Waals surface area contributed by atoms with Crippen LogP contribution in [0.15, 0.2) is 11.2 Å². The molecule has 1 saturated carbocycles. The highest BCUT2D eigenvalue weighted by Crippen LogP contribution is 2.17. The van der Waals surface area contributed by atoms with E-state index < -0.39 is 0 Å². The van der Waals surface area contributed by atoms with E-state index in [2.05, 4.69) is 25.9 Å². The summed E-state index contributed by atoms with van der Waals surface area (Å²) in [6.07, 6.45) is 8.35. The van der Waals surface area contributed by atoms with Crippen LogP contribution in [0.25, 0.3) is 0 Å². The summed E-state index contributed by atoms with van der Waals surface area (Å²) >= 11 is 1.66. The number of carbonyl (C=O) groups excluding carboxylic acids is 1. The Balaban J connectivity index is 1.71. The molecule has 0 bridgehead atoms. The Morgan fingerprint density at radius 3 is 2.79 bits per heavy atom. The number of hydrogen-bond donors (Lipinski definition) is 3. The fourth-order valence-electron chi connectivity index (χ4n) is 2.80. The highest BCUT2D eigenvalue weighted by atomic mass is 32.1. The summed E-state index contributed by atoms with van der Waals surface area (Å²) in [5.41, 5.74) is 0. The van der Waals surface area contributed by atoms with Gasteiger partial charge in [0.25, 0.3) is 0 Å². The number of rotatable bonds is 7. The maximum absolute atomic E-state index is 12.0. The summed E-state index contributed by atoms with van der Waals surface area (Å²) in [5.74, 6) is 0.858. The van der Waals surface area contributed by atoms with E-state index in [-0.39, 0.29) is 5.91 Å². The van der Waals surface area contributed by atoms with E-state index in [4.69, 9.17) is 0 Å². The van der Waals surface area contributed by atoms with Crippen molar-refractivity contribution in [2.24, 2.45) is 4.99 Å². The van der Waals surface area contributed by atoms with Crippen molar-refractivity contribution in [3.8, 4) is 0 Å². The van der Waals surface area contributed by atoms with Gasteiger partial charge in [-0.05, 0) is 26.7 Å². The summed E-state index contributed by atoms with van der Waals surface area (Å²) in [4.78, 5) is 22.0. The van der Waals surface area contributed by atoms with Crippen molar-refractivity contribution < 1.29 is 4.79 Å². The van der Waals surface area contributed by atoms with E-state index in [0.29, 0.717) is 25.6 Å². The highest BCUT2D eigenvalue weighted by molar-refractivity contribution is 7.11. The molecule has 7 heteroatoms. The predicted octanol–water partition coefficient (Wildman–Crippen LogP) is 2.35. The van der Waals surface area contributed by atoms with E-state index in [0.717, 1.165) is 30.4 Å². The lowest BCUT2D eigenvalue weighted by molar-refractivity contribution is -0.121. The van der Waals surface area contributed by atoms with Crippen molar-refractivity contribution in [3.05, 3.63) is 16.1 Å². The number of amides is 1. The smallest absolute Gasteiger partial charge is 0.221 e. The first-order valence-corrected chi connectivity index (χ1v) is 9.72. The first kappa shape index (κ1) is 18.7. The third-order valence-electron chi connectivity index (χ3n) is 4.00. The molecule has 0 aliphatic heterocycles. The molecule has 1 aromatic rings. The Morgan fingerprint density at radius 1 is 1.33 bits per heavy atom. The van der Waals surface area contributed by atoms with E-state index in [1.807, 2.05) is 20.0 Å². The zero-order valence-electron chi connectivity index (χ0n) is 14.7.